The summed E-state index contributed by atoms with van der Waals surface area (Å²) in [4.78, 5) is 0.391. The van der Waals surface area contributed by atoms with Gasteiger partial charge in [0.15, 0.2) is 9.84 Å². The lowest BCUT2D eigenvalue weighted by molar-refractivity contribution is 0.0416. The van der Waals surface area contributed by atoms with Gasteiger partial charge in [-0.05, 0) is 37.1 Å². The molecule has 0 unspecified atom stereocenters. The molecule has 94 valence electrons. The fourth-order valence-corrected chi connectivity index (χ4v) is 3.19. The summed E-state index contributed by atoms with van der Waals surface area (Å²) in [5.41, 5.74) is 6.56. The van der Waals surface area contributed by atoms with E-state index in [1.54, 1.807) is 12.1 Å². The van der Waals surface area contributed by atoms with Crippen LogP contribution in [0.25, 0.3) is 0 Å². The van der Waals surface area contributed by atoms with Gasteiger partial charge in [-0.25, -0.2) is 8.42 Å². The zero-order valence-electron chi connectivity index (χ0n) is 9.63. The van der Waals surface area contributed by atoms with E-state index in [9.17, 15) is 8.42 Å². The van der Waals surface area contributed by atoms with Crippen LogP contribution in [0.15, 0.2) is 29.2 Å². The highest BCUT2D eigenvalue weighted by atomic mass is 32.2. The monoisotopic (exact) mass is 255 g/mol. The van der Waals surface area contributed by atoms with Crippen LogP contribution in [0.5, 0.6) is 0 Å². The van der Waals surface area contributed by atoms with E-state index in [1.165, 1.54) is 0 Å². The molecule has 0 saturated carbocycles. The van der Waals surface area contributed by atoms with Gasteiger partial charge < -0.3 is 10.5 Å². The van der Waals surface area contributed by atoms with E-state index in [2.05, 4.69) is 0 Å². The van der Waals surface area contributed by atoms with E-state index in [1.807, 2.05) is 12.1 Å². The first kappa shape index (κ1) is 12.5. The van der Waals surface area contributed by atoms with Gasteiger partial charge in [0.2, 0.25) is 0 Å². The van der Waals surface area contributed by atoms with E-state index in [-0.39, 0.29) is 5.25 Å². The number of benzene rings is 1. The van der Waals surface area contributed by atoms with Crippen molar-refractivity contribution in [3.05, 3.63) is 29.8 Å². The van der Waals surface area contributed by atoms with E-state index in [0.717, 1.165) is 18.4 Å². The third kappa shape index (κ3) is 2.68. The number of hydrogen-bond acceptors (Lipinski definition) is 4. The third-order valence-corrected chi connectivity index (χ3v) is 5.05. The van der Waals surface area contributed by atoms with Gasteiger partial charge >= 0.3 is 0 Å². The molecule has 1 heterocycles. The van der Waals surface area contributed by atoms with E-state index >= 15 is 0 Å². The minimum atomic E-state index is -3.19. The van der Waals surface area contributed by atoms with Gasteiger partial charge in [-0.1, -0.05) is 12.1 Å². The molecule has 1 aromatic carbocycles. The van der Waals surface area contributed by atoms with Gasteiger partial charge in [0, 0.05) is 0 Å². The van der Waals surface area contributed by atoms with Crippen molar-refractivity contribution in [2.75, 3.05) is 19.8 Å². The molecule has 2 N–H and O–H groups in total. The molecule has 1 aliphatic heterocycles. The number of hydrogen-bond donors (Lipinski definition) is 1. The van der Waals surface area contributed by atoms with Crippen LogP contribution in [-0.4, -0.2) is 33.4 Å². The second-order valence-electron chi connectivity index (χ2n) is 4.24. The fraction of sp³-hybridized carbons (Fsp3) is 0.500. The summed E-state index contributed by atoms with van der Waals surface area (Å²) < 4.78 is 29.0. The quantitative estimate of drug-likeness (QED) is 0.843. The Morgan fingerprint density at radius 2 is 1.88 bits per heavy atom. The highest BCUT2D eigenvalue weighted by Crippen LogP contribution is 2.21. The third-order valence-electron chi connectivity index (χ3n) is 2.97. The molecule has 17 heavy (non-hydrogen) atoms. The molecule has 0 radical (unpaired) electrons. The smallest absolute Gasteiger partial charge is 0.185 e. The molecule has 0 spiro atoms. The van der Waals surface area contributed by atoms with Crippen molar-refractivity contribution in [3.63, 3.8) is 0 Å². The molecule has 0 atom stereocenters. The van der Waals surface area contributed by atoms with E-state index < -0.39 is 9.84 Å². The maximum atomic E-state index is 12.0. The van der Waals surface area contributed by atoms with Crippen LogP contribution in [-0.2, 0) is 21.0 Å². The largest absolute Gasteiger partial charge is 0.379 e. The summed E-state index contributed by atoms with van der Waals surface area (Å²) in [6, 6.07) is 7.09. The van der Waals surface area contributed by atoms with Crippen molar-refractivity contribution < 1.29 is 13.2 Å². The molecule has 1 fully saturated rings. The first-order chi connectivity index (χ1) is 8.14. The SMILES string of the molecule is NCCCc1ccc(S(=O)(=O)C2COC2)cc1. The van der Waals surface area contributed by atoms with Gasteiger partial charge in [0.1, 0.15) is 5.25 Å². The molecule has 1 saturated heterocycles. The molecule has 0 amide bonds. The Balaban J connectivity index is 2.11. The summed E-state index contributed by atoms with van der Waals surface area (Å²) in [6.07, 6.45) is 1.81. The Labute approximate surface area is 102 Å². The van der Waals surface area contributed by atoms with E-state index in [0.29, 0.717) is 24.7 Å². The summed E-state index contributed by atoms with van der Waals surface area (Å²) >= 11 is 0. The predicted molar refractivity (Wildman–Crippen MR) is 65.6 cm³/mol. The minimum Gasteiger partial charge on any atom is -0.379 e. The average Bonchev–Trinajstić information content (AvgIpc) is 2.24. The number of rotatable bonds is 5. The van der Waals surface area contributed by atoms with Crippen LogP contribution < -0.4 is 5.73 Å². The first-order valence-electron chi connectivity index (χ1n) is 5.75. The summed E-state index contributed by atoms with van der Waals surface area (Å²) in [6.45, 7) is 1.29. The molecule has 0 aromatic heterocycles. The van der Waals surface area contributed by atoms with Gasteiger partial charge in [-0.15, -0.1) is 0 Å². The van der Waals surface area contributed by atoms with Gasteiger partial charge in [-0.3, -0.25) is 0 Å². The first-order valence-corrected chi connectivity index (χ1v) is 7.30. The van der Waals surface area contributed by atoms with Crippen LogP contribution in [0, 0.1) is 0 Å². The average molecular weight is 255 g/mol. The summed E-state index contributed by atoms with van der Waals surface area (Å²) in [5, 5.41) is -0.364. The van der Waals surface area contributed by atoms with Crippen molar-refractivity contribution in [2.45, 2.75) is 23.0 Å². The molecule has 5 heteroatoms. The van der Waals surface area contributed by atoms with Gasteiger partial charge in [0.05, 0.1) is 18.1 Å². The highest BCUT2D eigenvalue weighted by Gasteiger charge is 2.33. The molecule has 2 rings (SSSR count). The van der Waals surface area contributed by atoms with Crippen LogP contribution >= 0.6 is 0 Å². The normalized spacial score (nSPS) is 16.8. The summed E-state index contributed by atoms with van der Waals surface area (Å²) in [5.74, 6) is 0. The molecule has 1 aromatic rings. The van der Waals surface area contributed by atoms with Crippen LogP contribution in [0.4, 0.5) is 0 Å². The maximum absolute atomic E-state index is 12.0. The number of ether oxygens (including phenoxy) is 1. The molecule has 4 nitrogen and oxygen atoms in total. The summed E-state index contributed by atoms with van der Waals surface area (Å²) in [7, 11) is -3.19. The van der Waals surface area contributed by atoms with Crippen LogP contribution in [0.1, 0.15) is 12.0 Å². The topological polar surface area (TPSA) is 69.4 Å². The maximum Gasteiger partial charge on any atom is 0.185 e. The standard InChI is InChI=1S/C12H17NO3S/c13-7-1-2-10-3-5-11(6-4-10)17(14,15)12-8-16-9-12/h3-6,12H,1-2,7-9,13H2. The Bertz CT molecular complexity index is 463. The second kappa shape index (κ2) is 5.16. The molecular formula is C12H17NO3S. The Kier molecular flexibility index (Phi) is 3.81. The van der Waals surface area contributed by atoms with Gasteiger partial charge in [-0.2, -0.15) is 0 Å². The number of aryl methyl sites for hydroxylation is 1. The minimum absolute atomic E-state index is 0.317. The Hall–Kier alpha value is -0.910. The lowest BCUT2D eigenvalue weighted by Gasteiger charge is -2.25. The molecular weight excluding hydrogens is 238 g/mol. The molecule has 0 bridgehead atoms. The lowest BCUT2D eigenvalue weighted by atomic mass is 10.1. The molecule has 0 aliphatic carbocycles. The van der Waals surface area contributed by atoms with Crippen LogP contribution in [0.2, 0.25) is 0 Å². The zero-order valence-corrected chi connectivity index (χ0v) is 10.4. The Morgan fingerprint density at radius 1 is 1.24 bits per heavy atom. The number of sulfone groups is 1. The number of nitrogens with two attached hydrogens (primary N) is 1. The van der Waals surface area contributed by atoms with Crippen molar-refractivity contribution >= 4 is 9.84 Å². The molecule has 1 aliphatic rings. The lowest BCUT2D eigenvalue weighted by Crippen LogP contribution is -2.40. The second-order valence-corrected chi connectivity index (χ2v) is 6.47. The van der Waals surface area contributed by atoms with Crippen molar-refractivity contribution in [1.82, 2.24) is 0 Å². The highest BCUT2D eigenvalue weighted by molar-refractivity contribution is 7.92. The predicted octanol–water partition coefficient (Wildman–Crippen LogP) is 0.750. The zero-order chi connectivity index (χ0) is 12.3. The van der Waals surface area contributed by atoms with Crippen molar-refractivity contribution in [3.8, 4) is 0 Å². The van der Waals surface area contributed by atoms with Crippen molar-refractivity contribution in [1.29, 1.82) is 0 Å². The van der Waals surface area contributed by atoms with Gasteiger partial charge in [0.25, 0.3) is 0 Å². The van der Waals surface area contributed by atoms with Crippen LogP contribution in [0.3, 0.4) is 0 Å². The Morgan fingerprint density at radius 3 is 2.35 bits per heavy atom. The van der Waals surface area contributed by atoms with E-state index in [4.69, 9.17) is 10.5 Å². The fourth-order valence-electron chi connectivity index (χ4n) is 1.74. The van der Waals surface area contributed by atoms with Crippen molar-refractivity contribution in [2.24, 2.45) is 5.73 Å².